The number of aromatic nitrogens is 1. The number of nitrogens with two attached hydrogens (primary N) is 1. The van der Waals surface area contributed by atoms with E-state index >= 15 is 0 Å². The highest BCUT2D eigenvalue weighted by Crippen LogP contribution is 2.52. The van der Waals surface area contributed by atoms with Crippen molar-refractivity contribution in [1.82, 2.24) is 4.98 Å². The first-order chi connectivity index (χ1) is 14.3. The molecule has 0 spiro atoms. The molecule has 2 aliphatic carbocycles. The van der Waals surface area contributed by atoms with Crippen molar-refractivity contribution < 1.29 is 22.4 Å². The zero-order valence-electron chi connectivity index (χ0n) is 16.9. The van der Waals surface area contributed by atoms with E-state index in [1.165, 1.54) is 0 Å². The zero-order valence-corrected chi connectivity index (χ0v) is 17.8. The third kappa shape index (κ3) is 2.96. The molecule has 3 N–H and O–H groups in total. The van der Waals surface area contributed by atoms with Gasteiger partial charge in [0.25, 0.3) is 10.1 Å². The zero-order chi connectivity index (χ0) is 21.3. The van der Waals surface area contributed by atoms with Crippen LogP contribution in [-0.4, -0.2) is 36.9 Å². The molecule has 31 heavy (non-hydrogen) atoms. The average molecular weight is 445 g/mol. The largest absolute Gasteiger partial charge is 0.493 e. The first-order valence-electron chi connectivity index (χ1n) is 10.0. The Balaban J connectivity index is 0.00000231. The van der Waals surface area contributed by atoms with E-state index in [-0.39, 0.29) is 19.8 Å². The summed E-state index contributed by atoms with van der Waals surface area (Å²) >= 11 is 0. The molecular formula is C23H28N2O5S. The topological polar surface area (TPSA) is 112 Å². The SMILES string of the molecule is C.COc1cc2c3c(c4ncc(N)cc4c2cc1OC)CC1CCCC1(S(=O)(=O)O)C3. The molecule has 0 saturated heterocycles. The number of hydrogen-bond acceptors (Lipinski definition) is 6. The van der Waals surface area contributed by atoms with Gasteiger partial charge in [-0.25, -0.2) is 0 Å². The van der Waals surface area contributed by atoms with Crippen molar-refractivity contribution in [1.29, 1.82) is 0 Å². The second kappa shape index (κ2) is 7.24. The third-order valence-corrected chi connectivity index (χ3v) is 8.74. The minimum atomic E-state index is -4.22. The Hall–Kier alpha value is -2.58. The molecule has 1 aromatic heterocycles. The summed E-state index contributed by atoms with van der Waals surface area (Å²) in [4.78, 5) is 4.63. The predicted octanol–water partition coefficient (Wildman–Crippen LogP) is 4.15. The van der Waals surface area contributed by atoms with Crippen molar-refractivity contribution in [3.05, 3.63) is 35.5 Å². The van der Waals surface area contributed by atoms with Gasteiger partial charge in [0.1, 0.15) is 4.75 Å². The summed E-state index contributed by atoms with van der Waals surface area (Å²) in [6.45, 7) is 0. The number of pyridine rings is 1. The summed E-state index contributed by atoms with van der Waals surface area (Å²) in [7, 11) is -1.07. The molecule has 8 heteroatoms. The Morgan fingerprint density at radius 1 is 1.10 bits per heavy atom. The Bertz CT molecular complexity index is 1300. The Labute approximate surface area is 182 Å². The summed E-state index contributed by atoms with van der Waals surface area (Å²) in [5.41, 5.74) is 9.38. The van der Waals surface area contributed by atoms with Crippen LogP contribution in [0, 0.1) is 5.92 Å². The molecule has 2 unspecified atom stereocenters. The highest BCUT2D eigenvalue weighted by atomic mass is 32.2. The van der Waals surface area contributed by atoms with Crippen LogP contribution in [0.3, 0.4) is 0 Å². The summed E-state index contributed by atoms with van der Waals surface area (Å²) in [6, 6.07) is 5.68. The molecule has 2 aromatic carbocycles. The van der Waals surface area contributed by atoms with Crippen LogP contribution in [0.4, 0.5) is 5.69 Å². The molecule has 5 rings (SSSR count). The minimum Gasteiger partial charge on any atom is -0.493 e. The van der Waals surface area contributed by atoms with E-state index in [0.29, 0.717) is 30.0 Å². The van der Waals surface area contributed by atoms with Crippen molar-refractivity contribution in [2.45, 2.75) is 44.3 Å². The fraction of sp³-hybridized carbons (Fsp3) is 0.435. The molecule has 0 amide bonds. The molecule has 166 valence electrons. The lowest BCUT2D eigenvalue weighted by atomic mass is 9.74. The van der Waals surface area contributed by atoms with Crippen molar-refractivity contribution in [2.24, 2.45) is 5.92 Å². The Kier molecular flexibility index (Phi) is 5.05. The fourth-order valence-corrected chi connectivity index (χ4v) is 6.97. The van der Waals surface area contributed by atoms with Crippen LogP contribution in [0.1, 0.15) is 37.8 Å². The van der Waals surface area contributed by atoms with E-state index < -0.39 is 14.9 Å². The van der Waals surface area contributed by atoms with E-state index in [0.717, 1.165) is 45.6 Å². The maximum atomic E-state index is 12.5. The van der Waals surface area contributed by atoms with Crippen molar-refractivity contribution >= 4 is 37.5 Å². The lowest BCUT2D eigenvalue weighted by Gasteiger charge is -2.38. The van der Waals surface area contributed by atoms with Gasteiger partial charge in [-0.05, 0) is 71.7 Å². The van der Waals surface area contributed by atoms with E-state index in [1.807, 2.05) is 18.2 Å². The van der Waals surface area contributed by atoms with E-state index in [4.69, 9.17) is 15.2 Å². The number of methoxy groups -OCH3 is 2. The van der Waals surface area contributed by atoms with Gasteiger partial charge in [-0.2, -0.15) is 8.42 Å². The number of benzene rings is 2. The van der Waals surface area contributed by atoms with Crippen LogP contribution < -0.4 is 15.2 Å². The molecule has 2 aliphatic rings. The number of hydrogen-bond donors (Lipinski definition) is 2. The Morgan fingerprint density at radius 2 is 1.77 bits per heavy atom. The molecule has 3 aromatic rings. The lowest BCUT2D eigenvalue weighted by Crippen LogP contribution is -2.47. The highest BCUT2D eigenvalue weighted by molar-refractivity contribution is 7.87. The van der Waals surface area contributed by atoms with Gasteiger partial charge in [0, 0.05) is 5.39 Å². The van der Waals surface area contributed by atoms with Gasteiger partial charge in [0.05, 0.1) is 31.6 Å². The number of nitrogens with zero attached hydrogens (tertiary/aromatic N) is 1. The second-order valence-corrected chi connectivity index (χ2v) is 10.1. The first kappa shape index (κ1) is 21.6. The standard InChI is InChI=1S/C22H24N2O5S.CH4/c1-28-19-8-14-15(9-20(19)29-2)18-10-22(30(25,26)27)5-3-4-12(22)6-16(18)21-17(14)7-13(23)11-24-21;/h7-9,11-12H,3-6,10,23H2,1-2H3,(H,25,26,27);1H4. The molecule has 7 nitrogen and oxygen atoms in total. The molecule has 1 saturated carbocycles. The molecule has 0 bridgehead atoms. The van der Waals surface area contributed by atoms with Gasteiger partial charge in [-0.3, -0.25) is 9.54 Å². The van der Waals surface area contributed by atoms with E-state index in [2.05, 4.69) is 4.98 Å². The lowest BCUT2D eigenvalue weighted by molar-refractivity contribution is 0.340. The molecule has 0 radical (unpaired) electrons. The number of ether oxygens (including phenoxy) is 2. The average Bonchev–Trinajstić information content (AvgIpc) is 3.16. The monoisotopic (exact) mass is 444 g/mol. The number of anilines is 1. The van der Waals surface area contributed by atoms with Gasteiger partial charge >= 0.3 is 0 Å². The maximum absolute atomic E-state index is 12.5. The minimum absolute atomic E-state index is 0. The molecule has 1 fully saturated rings. The fourth-order valence-electron chi connectivity index (χ4n) is 5.62. The van der Waals surface area contributed by atoms with Gasteiger partial charge in [-0.1, -0.05) is 13.8 Å². The molecule has 2 atom stereocenters. The van der Waals surface area contributed by atoms with Crippen molar-refractivity contribution in [2.75, 3.05) is 20.0 Å². The molecular weight excluding hydrogens is 416 g/mol. The van der Waals surface area contributed by atoms with Crippen LogP contribution in [0.15, 0.2) is 24.4 Å². The number of rotatable bonds is 3. The van der Waals surface area contributed by atoms with Gasteiger partial charge in [-0.15, -0.1) is 0 Å². The summed E-state index contributed by atoms with van der Waals surface area (Å²) < 4.78 is 45.2. The molecule has 1 heterocycles. The van der Waals surface area contributed by atoms with Crippen LogP contribution in [0.2, 0.25) is 0 Å². The first-order valence-corrected chi connectivity index (χ1v) is 11.4. The number of nitrogen functional groups attached to an aromatic ring is 1. The van der Waals surface area contributed by atoms with Gasteiger partial charge in [0.15, 0.2) is 11.5 Å². The van der Waals surface area contributed by atoms with E-state index in [1.54, 1.807) is 20.4 Å². The Morgan fingerprint density at radius 3 is 2.42 bits per heavy atom. The maximum Gasteiger partial charge on any atom is 0.271 e. The van der Waals surface area contributed by atoms with Gasteiger partial charge in [0.2, 0.25) is 0 Å². The van der Waals surface area contributed by atoms with Crippen molar-refractivity contribution in [3.63, 3.8) is 0 Å². The molecule has 0 aliphatic heterocycles. The van der Waals surface area contributed by atoms with Gasteiger partial charge < -0.3 is 15.2 Å². The predicted molar refractivity (Wildman–Crippen MR) is 123 cm³/mol. The van der Waals surface area contributed by atoms with E-state index in [9.17, 15) is 13.0 Å². The summed E-state index contributed by atoms with van der Waals surface area (Å²) in [5.74, 6) is 1.02. The number of fused-ring (bicyclic) bond motifs is 7. The summed E-state index contributed by atoms with van der Waals surface area (Å²) in [6.07, 6.45) is 4.49. The van der Waals surface area contributed by atoms with Crippen LogP contribution >= 0.6 is 0 Å². The van der Waals surface area contributed by atoms with Crippen LogP contribution in [0.25, 0.3) is 21.7 Å². The summed E-state index contributed by atoms with van der Waals surface area (Å²) in [5, 5.41) is 2.67. The second-order valence-electron chi connectivity index (χ2n) is 8.38. The quantitative estimate of drug-likeness (QED) is 0.461. The van der Waals surface area contributed by atoms with Crippen molar-refractivity contribution in [3.8, 4) is 11.5 Å². The smallest absolute Gasteiger partial charge is 0.271 e. The normalized spacial score (nSPS) is 22.6. The highest BCUT2D eigenvalue weighted by Gasteiger charge is 2.55. The van der Waals surface area contributed by atoms with Crippen LogP contribution in [-0.2, 0) is 23.0 Å². The third-order valence-electron chi connectivity index (χ3n) is 7.03. The van der Waals surface area contributed by atoms with Crippen LogP contribution in [0.5, 0.6) is 11.5 Å².